The van der Waals surface area contributed by atoms with Crippen molar-refractivity contribution < 1.29 is 9.53 Å². The zero-order valence-electron chi connectivity index (χ0n) is 19.9. The molecule has 0 aliphatic carbocycles. The van der Waals surface area contributed by atoms with Crippen LogP contribution in [0.25, 0.3) is 17.0 Å². The van der Waals surface area contributed by atoms with E-state index < -0.39 is 12.0 Å². The van der Waals surface area contributed by atoms with Crippen LogP contribution in [0.1, 0.15) is 31.0 Å². The fourth-order valence-electron chi connectivity index (χ4n) is 4.57. The largest absolute Gasteiger partial charge is 0.463 e. The van der Waals surface area contributed by atoms with Crippen molar-refractivity contribution in [1.82, 2.24) is 9.13 Å². The molecule has 4 aromatic rings. The third-order valence-corrected chi connectivity index (χ3v) is 7.37. The Labute approximate surface area is 216 Å². The van der Waals surface area contributed by atoms with Gasteiger partial charge in [0.1, 0.15) is 0 Å². The highest BCUT2D eigenvalue weighted by atomic mass is 35.5. The lowest BCUT2D eigenvalue weighted by Crippen LogP contribution is -2.39. The molecule has 1 atom stereocenters. The van der Waals surface area contributed by atoms with Gasteiger partial charge in [-0.15, -0.1) is 6.58 Å². The van der Waals surface area contributed by atoms with E-state index in [-0.39, 0.29) is 12.2 Å². The number of hydrogen-bond acceptors (Lipinski definition) is 5. The summed E-state index contributed by atoms with van der Waals surface area (Å²) in [5.41, 5.74) is 3.42. The molecule has 0 N–H and O–H groups in total. The van der Waals surface area contributed by atoms with Gasteiger partial charge >= 0.3 is 5.97 Å². The van der Waals surface area contributed by atoms with E-state index in [1.54, 1.807) is 30.5 Å². The van der Waals surface area contributed by atoms with Crippen LogP contribution < -0.4 is 14.9 Å². The molecular formula is C28H24ClN3O3S. The number of carbonyl (C=O) groups excluding carboxylic acids is 1. The summed E-state index contributed by atoms with van der Waals surface area (Å²) in [7, 11) is 0. The van der Waals surface area contributed by atoms with Gasteiger partial charge in [-0.2, -0.15) is 0 Å². The van der Waals surface area contributed by atoms with Crippen LogP contribution in [0.5, 0.6) is 0 Å². The molecule has 2 aromatic heterocycles. The maximum absolute atomic E-state index is 13.8. The van der Waals surface area contributed by atoms with E-state index in [9.17, 15) is 9.59 Å². The van der Waals surface area contributed by atoms with Gasteiger partial charge in [0.25, 0.3) is 5.56 Å². The Morgan fingerprint density at radius 1 is 1.22 bits per heavy atom. The Bertz CT molecular complexity index is 1710. The average molecular weight is 518 g/mol. The molecular weight excluding hydrogens is 494 g/mol. The molecule has 0 spiro atoms. The highest BCUT2D eigenvalue weighted by Gasteiger charge is 2.33. The predicted molar refractivity (Wildman–Crippen MR) is 144 cm³/mol. The van der Waals surface area contributed by atoms with Gasteiger partial charge in [0.15, 0.2) is 4.80 Å². The van der Waals surface area contributed by atoms with E-state index in [1.807, 2.05) is 54.7 Å². The summed E-state index contributed by atoms with van der Waals surface area (Å²) in [5, 5.41) is 1.61. The molecule has 6 nitrogen and oxygen atoms in total. The Hall–Kier alpha value is -3.68. The fourth-order valence-corrected chi connectivity index (χ4v) is 5.74. The van der Waals surface area contributed by atoms with E-state index in [1.165, 1.54) is 11.3 Å². The maximum atomic E-state index is 13.8. The lowest BCUT2D eigenvalue weighted by molar-refractivity contribution is -0.139. The number of hydrogen-bond donors (Lipinski definition) is 0. The number of carbonyl (C=O) groups is 1. The number of para-hydroxylation sites is 1. The number of thiazole rings is 1. The molecule has 0 radical (unpaired) electrons. The third-order valence-electron chi connectivity index (χ3n) is 6.13. The van der Waals surface area contributed by atoms with Crippen molar-refractivity contribution in [2.75, 3.05) is 6.61 Å². The smallest absolute Gasteiger partial charge is 0.338 e. The molecule has 0 fully saturated rings. The topological polar surface area (TPSA) is 65.6 Å². The molecule has 182 valence electrons. The molecule has 0 saturated carbocycles. The number of fused-ring (bicyclic) bond motifs is 2. The van der Waals surface area contributed by atoms with Crippen LogP contribution in [0.4, 0.5) is 0 Å². The van der Waals surface area contributed by atoms with Crippen molar-refractivity contribution in [3.8, 4) is 0 Å². The van der Waals surface area contributed by atoms with E-state index >= 15 is 0 Å². The summed E-state index contributed by atoms with van der Waals surface area (Å²) < 4.78 is 9.57. The number of rotatable bonds is 6. The van der Waals surface area contributed by atoms with Crippen molar-refractivity contribution >= 4 is 45.9 Å². The van der Waals surface area contributed by atoms with Crippen LogP contribution in [-0.2, 0) is 16.1 Å². The molecule has 0 amide bonds. The van der Waals surface area contributed by atoms with Crippen LogP contribution in [0, 0.1) is 0 Å². The molecule has 0 bridgehead atoms. The first-order valence-electron chi connectivity index (χ1n) is 11.6. The minimum atomic E-state index is -0.665. The Balaban J connectivity index is 1.74. The number of nitrogens with zero attached hydrogens (tertiary/aromatic N) is 3. The fraction of sp³-hybridized carbons (Fsp3) is 0.179. The van der Waals surface area contributed by atoms with Crippen molar-refractivity contribution in [2.45, 2.75) is 26.4 Å². The maximum Gasteiger partial charge on any atom is 0.338 e. The van der Waals surface area contributed by atoms with Crippen LogP contribution >= 0.6 is 22.9 Å². The van der Waals surface area contributed by atoms with Gasteiger partial charge in [-0.05, 0) is 43.7 Å². The Kier molecular flexibility index (Phi) is 6.51. The summed E-state index contributed by atoms with van der Waals surface area (Å²) in [6.07, 6.45) is 5.76. The first-order chi connectivity index (χ1) is 17.4. The highest BCUT2D eigenvalue weighted by Crippen LogP contribution is 2.31. The van der Waals surface area contributed by atoms with Gasteiger partial charge in [0, 0.05) is 34.2 Å². The lowest BCUT2D eigenvalue weighted by atomic mass is 9.96. The molecule has 0 saturated heterocycles. The number of halogens is 1. The van der Waals surface area contributed by atoms with E-state index in [2.05, 4.69) is 16.1 Å². The van der Waals surface area contributed by atoms with E-state index in [4.69, 9.17) is 16.3 Å². The SMILES string of the molecule is C=CCn1cc(/C=c2/sc3n(c2=O)C(c2ccc(Cl)cc2)C(C(=O)OCC)=C(C)N=3)c2ccccc21. The zero-order chi connectivity index (χ0) is 25.4. The monoisotopic (exact) mass is 517 g/mol. The lowest BCUT2D eigenvalue weighted by Gasteiger charge is -2.24. The molecule has 1 unspecified atom stereocenters. The molecule has 2 aromatic carbocycles. The summed E-state index contributed by atoms with van der Waals surface area (Å²) in [6.45, 7) is 8.26. The quantitative estimate of drug-likeness (QED) is 0.277. The molecule has 3 heterocycles. The number of aromatic nitrogens is 2. The van der Waals surface area contributed by atoms with Crippen molar-refractivity contribution in [3.63, 3.8) is 0 Å². The second-order valence-corrected chi connectivity index (χ2v) is 9.84. The highest BCUT2D eigenvalue weighted by molar-refractivity contribution is 7.07. The number of esters is 1. The standard InChI is InChI=1S/C28H24ClN3O3S/c1-4-14-31-16-19(21-8-6-7-9-22(21)31)15-23-26(33)32-25(18-10-12-20(29)13-11-18)24(27(34)35-5-2)17(3)30-28(32)36-23/h4,6-13,15-16,25H,1,5,14H2,2-3H3/b23-15+. The summed E-state index contributed by atoms with van der Waals surface area (Å²) in [6, 6.07) is 14.5. The average Bonchev–Trinajstić information content (AvgIpc) is 3.36. The Morgan fingerprint density at radius 2 is 1.97 bits per heavy atom. The number of benzene rings is 2. The second kappa shape index (κ2) is 9.76. The zero-order valence-corrected chi connectivity index (χ0v) is 21.5. The van der Waals surface area contributed by atoms with E-state index in [0.29, 0.717) is 32.2 Å². The Morgan fingerprint density at radius 3 is 2.69 bits per heavy atom. The first-order valence-corrected chi connectivity index (χ1v) is 12.8. The molecule has 36 heavy (non-hydrogen) atoms. The van der Waals surface area contributed by atoms with Crippen LogP contribution in [0.2, 0.25) is 5.02 Å². The van der Waals surface area contributed by atoms with Crippen LogP contribution in [0.3, 0.4) is 0 Å². The van der Waals surface area contributed by atoms with Crippen molar-refractivity contribution in [1.29, 1.82) is 0 Å². The second-order valence-electron chi connectivity index (χ2n) is 8.40. The predicted octanol–water partition coefficient (Wildman–Crippen LogP) is 4.59. The van der Waals surface area contributed by atoms with Gasteiger partial charge in [-0.1, -0.05) is 59.3 Å². The molecule has 5 rings (SSSR count). The van der Waals surface area contributed by atoms with Crippen LogP contribution in [-0.4, -0.2) is 21.7 Å². The third kappa shape index (κ3) is 4.14. The normalized spacial score (nSPS) is 15.6. The summed E-state index contributed by atoms with van der Waals surface area (Å²) >= 11 is 7.43. The summed E-state index contributed by atoms with van der Waals surface area (Å²) in [4.78, 5) is 32.0. The van der Waals surface area contributed by atoms with Crippen molar-refractivity contribution in [3.05, 3.63) is 114 Å². The summed E-state index contributed by atoms with van der Waals surface area (Å²) in [5.74, 6) is -0.486. The van der Waals surface area contributed by atoms with Gasteiger partial charge in [0.2, 0.25) is 0 Å². The van der Waals surface area contributed by atoms with Gasteiger partial charge in [0.05, 0.1) is 28.5 Å². The molecule has 1 aliphatic rings. The minimum Gasteiger partial charge on any atom is -0.463 e. The van der Waals surface area contributed by atoms with Crippen LogP contribution in [0.15, 0.2) is 88.4 Å². The number of ether oxygens (including phenoxy) is 1. The van der Waals surface area contributed by atoms with E-state index in [0.717, 1.165) is 22.0 Å². The number of allylic oxidation sites excluding steroid dienone is 2. The van der Waals surface area contributed by atoms with Gasteiger partial charge in [-0.3, -0.25) is 9.36 Å². The minimum absolute atomic E-state index is 0.214. The van der Waals surface area contributed by atoms with Gasteiger partial charge < -0.3 is 9.30 Å². The van der Waals surface area contributed by atoms with Crippen molar-refractivity contribution in [2.24, 2.45) is 4.99 Å². The molecule has 1 aliphatic heterocycles. The van der Waals surface area contributed by atoms with Gasteiger partial charge in [-0.25, -0.2) is 9.79 Å². The molecule has 8 heteroatoms. The first kappa shape index (κ1) is 24.0.